The molecule has 1 spiro atoms. The number of halogens is 1. The molecule has 9 heteroatoms. The Morgan fingerprint density at radius 3 is 2.50 bits per heavy atom. The monoisotopic (exact) mass is 555 g/mol. The zero-order chi connectivity index (χ0) is 25.4. The topological polar surface area (TPSA) is 81.2 Å². The fourth-order valence-electron chi connectivity index (χ4n) is 6.09. The summed E-state index contributed by atoms with van der Waals surface area (Å²) in [7, 11) is 1.73. The maximum absolute atomic E-state index is 14.2. The van der Waals surface area contributed by atoms with Crippen LogP contribution in [0.25, 0.3) is 0 Å². The van der Waals surface area contributed by atoms with Crippen LogP contribution in [-0.2, 0) is 14.4 Å². The second kappa shape index (κ2) is 10.7. The highest BCUT2D eigenvalue weighted by Gasteiger charge is 2.76. The summed E-state index contributed by atoms with van der Waals surface area (Å²) in [6, 6.07) is -1.26. The number of aliphatic hydroxyl groups excluding tert-OH is 1. The Hall–Kier alpha value is -1.32. The third-order valence-corrected chi connectivity index (χ3v) is 10.8. The number of nitrogens with zero attached hydrogens (tertiary/aromatic N) is 3. The highest BCUT2D eigenvalue weighted by Crippen LogP contribution is 2.68. The summed E-state index contributed by atoms with van der Waals surface area (Å²) >= 11 is 5.41. The Morgan fingerprint density at radius 1 is 1.29 bits per heavy atom. The van der Waals surface area contributed by atoms with Crippen molar-refractivity contribution < 1.29 is 19.5 Å². The molecular weight excluding hydrogens is 518 g/mol. The van der Waals surface area contributed by atoms with Crippen molar-refractivity contribution in [3.63, 3.8) is 0 Å². The van der Waals surface area contributed by atoms with Crippen molar-refractivity contribution in [2.24, 2.45) is 11.8 Å². The lowest BCUT2D eigenvalue weighted by Crippen LogP contribution is -2.58. The van der Waals surface area contributed by atoms with E-state index in [0.717, 1.165) is 12.8 Å². The fraction of sp³-hybridized carbons (Fsp3) is 0.720. The van der Waals surface area contributed by atoms with Crippen molar-refractivity contribution >= 4 is 45.4 Å². The van der Waals surface area contributed by atoms with E-state index in [1.165, 1.54) is 0 Å². The summed E-state index contributed by atoms with van der Waals surface area (Å²) in [5, 5.41) is 9.94. The number of alkyl halides is 1. The molecule has 4 unspecified atom stereocenters. The maximum Gasteiger partial charge on any atom is 0.247 e. The van der Waals surface area contributed by atoms with Gasteiger partial charge in [0.1, 0.15) is 6.04 Å². The van der Waals surface area contributed by atoms with Crippen LogP contribution in [0, 0.1) is 11.8 Å². The van der Waals surface area contributed by atoms with Crippen LogP contribution < -0.4 is 0 Å². The average molecular weight is 557 g/mol. The second-order valence-electron chi connectivity index (χ2n) is 9.87. The minimum absolute atomic E-state index is 0.00754. The maximum atomic E-state index is 14.2. The number of carbonyl (C=O) groups is 3. The molecule has 3 aliphatic rings. The van der Waals surface area contributed by atoms with Crippen LogP contribution in [0.3, 0.4) is 0 Å². The van der Waals surface area contributed by atoms with E-state index in [2.05, 4.69) is 36.0 Å². The first kappa shape index (κ1) is 27.3. The minimum Gasteiger partial charge on any atom is -0.394 e. The van der Waals surface area contributed by atoms with Crippen LogP contribution in [-0.4, -0.2) is 97.2 Å². The number of fused-ring (bicyclic) bond motifs is 1. The Labute approximate surface area is 216 Å². The molecular formula is C25H38BrN3O4S. The quantitative estimate of drug-likeness (QED) is 0.313. The van der Waals surface area contributed by atoms with Crippen molar-refractivity contribution in [2.75, 3.05) is 26.7 Å². The van der Waals surface area contributed by atoms with Gasteiger partial charge in [0.25, 0.3) is 0 Å². The average Bonchev–Trinajstić information content (AvgIpc) is 3.39. The van der Waals surface area contributed by atoms with Gasteiger partial charge in [0.15, 0.2) is 0 Å². The summed E-state index contributed by atoms with van der Waals surface area (Å²) in [4.78, 5) is 46.8. The van der Waals surface area contributed by atoms with E-state index in [0.29, 0.717) is 19.5 Å². The fourth-order valence-corrected chi connectivity index (χ4v) is 9.67. The van der Waals surface area contributed by atoms with Crippen molar-refractivity contribution in [3.05, 3.63) is 25.3 Å². The SMILES string of the molecule is C=CCN(C)C(=O)[C@H]1[C@@H]2SC3(CC2Br)C(C(=O)N(CC=C)C(C)CCC)N([C@H](C)CO)C(=O)[C@H]13. The number of rotatable bonds is 11. The molecule has 1 N–H and O–H groups in total. The molecule has 8 atom stereocenters. The Balaban J connectivity index is 2.10. The molecule has 7 nitrogen and oxygen atoms in total. The molecule has 190 valence electrons. The number of aliphatic hydroxyl groups is 1. The first-order valence-corrected chi connectivity index (χ1v) is 13.9. The Morgan fingerprint density at radius 2 is 1.94 bits per heavy atom. The standard InChI is InChI=1S/C25H38BrN3O4S/c1-7-10-15(4)28(12-9-3)24(33)21-25-13-17(26)20(34-25)18(22(31)27(6)11-8-2)19(25)23(32)29(21)16(5)14-30/h8-9,15-21,30H,2-3,7,10-14H2,1,4-6H3/t15?,16-,17?,18-,19+,20-,21?,25?/m1/s1. The summed E-state index contributed by atoms with van der Waals surface area (Å²) < 4.78 is -0.711. The van der Waals surface area contributed by atoms with Gasteiger partial charge in [-0.15, -0.1) is 24.9 Å². The van der Waals surface area contributed by atoms with Crippen LogP contribution in [0.5, 0.6) is 0 Å². The van der Waals surface area contributed by atoms with Crippen LogP contribution in [0.15, 0.2) is 25.3 Å². The van der Waals surface area contributed by atoms with Gasteiger partial charge in [0, 0.05) is 36.3 Å². The largest absolute Gasteiger partial charge is 0.394 e. The Kier molecular flexibility index (Phi) is 8.62. The van der Waals surface area contributed by atoms with Crippen LogP contribution in [0.2, 0.25) is 0 Å². The molecule has 34 heavy (non-hydrogen) atoms. The van der Waals surface area contributed by atoms with E-state index in [1.54, 1.807) is 47.7 Å². The van der Waals surface area contributed by atoms with Gasteiger partial charge in [-0.05, 0) is 26.7 Å². The summed E-state index contributed by atoms with van der Waals surface area (Å²) in [6.07, 6.45) is 5.80. The van der Waals surface area contributed by atoms with Crippen molar-refractivity contribution in [1.82, 2.24) is 14.7 Å². The molecule has 0 aromatic carbocycles. The minimum atomic E-state index is -0.732. The zero-order valence-electron chi connectivity index (χ0n) is 20.7. The first-order valence-electron chi connectivity index (χ1n) is 12.1. The number of hydrogen-bond acceptors (Lipinski definition) is 5. The molecule has 3 amide bonds. The van der Waals surface area contributed by atoms with Gasteiger partial charge in [-0.2, -0.15) is 0 Å². The van der Waals surface area contributed by atoms with E-state index >= 15 is 0 Å². The third-order valence-electron chi connectivity index (χ3n) is 7.61. The molecule has 0 radical (unpaired) electrons. The zero-order valence-corrected chi connectivity index (χ0v) is 23.1. The van der Waals surface area contributed by atoms with Crippen LogP contribution in [0.4, 0.5) is 0 Å². The number of hydrogen-bond donors (Lipinski definition) is 1. The van der Waals surface area contributed by atoms with Gasteiger partial charge in [0.2, 0.25) is 17.7 Å². The van der Waals surface area contributed by atoms with Crippen molar-refractivity contribution in [1.29, 1.82) is 0 Å². The summed E-state index contributed by atoms with van der Waals surface area (Å²) in [5.41, 5.74) is 0. The van der Waals surface area contributed by atoms with E-state index in [-0.39, 0.29) is 40.4 Å². The van der Waals surface area contributed by atoms with Crippen molar-refractivity contribution in [2.45, 2.75) is 73.0 Å². The molecule has 3 aliphatic heterocycles. The molecule has 2 bridgehead atoms. The number of carbonyl (C=O) groups excluding carboxylic acids is 3. The predicted octanol–water partition coefficient (Wildman–Crippen LogP) is 2.68. The van der Waals surface area contributed by atoms with E-state index in [4.69, 9.17) is 0 Å². The molecule has 3 fully saturated rings. The molecule has 0 aromatic heterocycles. The third kappa shape index (κ3) is 4.26. The molecule has 0 aliphatic carbocycles. The number of likely N-dealkylation sites (N-methyl/N-ethyl adjacent to an activating group) is 1. The first-order chi connectivity index (χ1) is 16.1. The lowest BCUT2D eigenvalue weighted by Gasteiger charge is -2.41. The van der Waals surface area contributed by atoms with E-state index in [1.807, 2.05) is 11.8 Å². The van der Waals surface area contributed by atoms with Gasteiger partial charge in [-0.1, -0.05) is 41.4 Å². The highest BCUT2D eigenvalue weighted by molar-refractivity contribution is 9.09. The van der Waals surface area contributed by atoms with Crippen LogP contribution >= 0.6 is 27.7 Å². The number of likely N-dealkylation sites (tertiary alicyclic amines) is 1. The van der Waals surface area contributed by atoms with Gasteiger partial charge in [-0.25, -0.2) is 0 Å². The second-order valence-corrected chi connectivity index (χ2v) is 12.6. The molecule has 3 saturated heterocycles. The highest BCUT2D eigenvalue weighted by atomic mass is 79.9. The summed E-state index contributed by atoms with van der Waals surface area (Å²) in [5.74, 6) is -1.51. The molecule has 0 saturated carbocycles. The number of amides is 3. The van der Waals surface area contributed by atoms with Crippen LogP contribution in [0.1, 0.15) is 40.0 Å². The van der Waals surface area contributed by atoms with Crippen molar-refractivity contribution in [3.8, 4) is 0 Å². The van der Waals surface area contributed by atoms with Gasteiger partial charge < -0.3 is 19.8 Å². The number of thioether (sulfide) groups is 1. The predicted molar refractivity (Wildman–Crippen MR) is 140 cm³/mol. The van der Waals surface area contributed by atoms with Gasteiger partial charge in [-0.3, -0.25) is 14.4 Å². The lowest BCUT2D eigenvalue weighted by molar-refractivity contribution is -0.147. The lowest BCUT2D eigenvalue weighted by atomic mass is 9.70. The summed E-state index contributed by atoms with van der Waals surface area (Å²) in [6.45, 7) is 14.0. The van der Waals surface area contributed by atoms with Gasteiger partial charge in [0.05, 0.1) is 29.2 Å². The molecule has 3 rings (SSSR count). The van der Waals surface area contributed by atoms with Gasteiger partial charge >= 0.3 is 0 Å². The molecule has 0 aromatic rings. The Bertz CT molecular complexity index is 841. The normalized spacial score (nSPS) is 33.4. The molecule has 3 heterocycles. The smallest absolute Gasteiger partial charge is 0.247 e. The van der Waals surface area contributed by atoms with E-state index in [9.17, 15) is 19.5 Å². The van der Waals surface area contributed by atoms with E-state index < -0.39 is 28.7 Å².